The normalized spacial score (nSPS) is 14.7. The monoisotopic (exact) mass is 360 g/mol. The molecule has 2 aromatic rings. The maximum atomic E-state index is 13.7. The number of hydrogen-bond donors (Lipinski definition) is 2. The van der Waals surface area contributed by atoms with E-state index < -0.39 is 17.6 Å². The van der Waals surface area contributed by atoms with E-state index in [1.807, 2.05) is 12.1 Å². The van der Waals surface area contributed by atoms with E-state index in [-0.39, 0.29) is 11.7 Å². The fourth-order valence-corrected chi connectivity index (χ4v) is 2.82. The first-order valence-electron chi connectivity index (χ1n) is 8.07. The Bertz CT molecular complexity index is 804. The number of aryl methyl sites for hydroxylation is 1. The number of rotatable bonds is 4. The molecule has 0 bridgehead atoms. The van der Waals surface area contributed by atoms with E-state index in [2.05, 4.69) is 10.6 Å². The quantitative estimate of drug-likeness (QED) is 0.810. The van der Waals surface area contributed by atoms with Gasteiger partial charge in [0.1, 0.15) is 5.82 Å². The van der Waals surface area contributed by atoms with E-state index in [9.17, 15) is 14.0 Å². The van der Waals surface area contributed by atoms with Crippen LogP contribution in [0.2, 0.25) is 5.02 Å². The summed E-state index contributed by atoms with van der Waals surface area (Å²) in [4.78, 5) is 24.4. The van der Waals surface area contributed by atoms with Crippen molar-refractivity contribution in [2.45, 2.75) is 25.8 Å². The second-order valence-corrected chi connectivity index (χ2v) is 6.71. The molecule has 130 valence electrons. The van der Waals surface area contributed by atoms with E-state index in [0.717, 1.165) is 24.0 Å². The number of anilines is 1. The van der Waals surface area contributed by atoms with E-state index in [1.165, 1.54) is 12.1 Å². The van der Waals surface area contributed by atoms with Crippen LogP contribution in [0, 0.1) is 18.7 Å². The Labute approximate surface area is 150 Å². The number of carbonyl (C=O) groups is 2. The molecular formula is C19H18ClFN2O2. The highest BCUT2D eigenvalue weighted by Crippen LogP contribution is 2.41. The van der Waals surface area contributed by atoms with Gasteiger partial charge in [0.2, 0.25) is 0 Å². The van der Waals surface area contributed by atoms with Crippen LogP contribution in [-0.4, -0.2) is 11.8 Å². The van der Waals surface area contributed by atoms with Crippen molar-refractivity contribution in [1.29, 1.82) is 0 Å². The van der Waals surface area contributed by atoms with E-state index in [0.29, 0.717) is 10.9 Å². The van der Waals surface area contributed by atoms with Crippen LogP contribution in [0.25, 0.3) is 0 Å². The van der Waals surface area contributed by atoms with E-state index in [4.69, 9.17) is 11.6 Å². The first-order chi connectivity index (χ1) is 11.9. The van der Waals surface area contributed by atoms with Crippen LogP contribution < -0.4 is 10.6 Å². The fourth-order valence-electron chi connectivity index (χ4n) is 2.69. The van der Waals surface area contributed by atoms with Gasteiger partial charge in [-0.15, -0.1) is 0 Å². The smallest absolute Gasteiger partial charge is 0.313 e. The predicted molar refractivity (Wildman–Crippen MR) is 94.8 cm³/mol. The zero-order valence-electron chi connectivity index (χ0n) is 13.7. The Kier molecular flexibility index (Phi) is 5.04. The molecule has 1 aliphatic rings. The lowest BCUT2D eigenvalue weighted by Crippen LogP contribution is -2.38. The minimum atomic E-state index is -0.885. The van der Waals surface area contributed by atoms with Gasteiger partial charge < -0.3 is 10.6 Å². The molecule has 1 aliphatic carbocycles. The molecule has 0 radical (unpaired) electrons. The first kappa shape index (κ1) is 17.4. The summed E-state index contributed by atoms with van der Waals surface area (Å²) in [5.74, 6) is -1.95. The molecule has 0 heterocycles. The lowest BCUT2D eigenvalue weighted by Gasteiger charge is -2.18. The molecule has 25 heavy (non-hydrogen) atoms. The Morgan fingerprint density at radius 3 is 2.44 bits per heavy atom. The van der Waals surface area contributed by atoms with E-state index >= 15 is 0 Å². The van der Waals surface area contributed by atoms with Crippen molar-refractivity contribution in [3.8, 4) is 0 Å². The third kappa shape index (κ3) is 4.37. The van der Waals surface area contributed by atoms with Crippen molar-refractivity contribution in [3.05, 3.63) is 64.4 Å². The number of hydrogen-bond acceptors (Lipinski definition) is 2. The summed E-state index contributed by atoms with van der Waals surface area (Å²) in [6.45, 7) is 1.78. The first-order valence-corrected chi connectivity index (χ1v) is 8.45. The van der Waals surface area contributed by atoms with Gasteiger partial charge in [0.25, 0.3) is 0 Å². The number of halogens is 2. The van der Waals surface area contributed by atoms with Gasteiger partial charge in [0.15, 0.2) is 0 Å². The Morgan fingerprint density at radius 2 is 1.80 bits per heavy atom. The molecule has 1 atom stereocenters. The molecule has 2 amide bonds. The maximum absolute atomic E-state index is 13.7. The minimum absolute atomic E-state index is 0.00499. The predicted octanol–water partition coefficient (Wildman–Crippen LogP) is 3.99. The number of carbonyl (C=O) groups excluding carboxylic acids is 2. The summed E-state index contributed by atoms with van der Waals surface area (Å²) in [5, 5.41) is 5.69. The van der Waals surface area contributed by atoms with Crippen molar-refractivity contribution in [2.75, 3.05) is 5.32 Å². The summed E-state index contributed by atoms with van der Waals surface area (Å²) in [6.07, 6.45) is 1.98. The van der Waals surface area contributed by atoms with Crippen LogP contribution in [0.1, 0.15) is 30.0 Å². The molecule has 2 N–H and O–H groups in total. The van der Waals surface area contributed by atoms with Gasteiger partial charge in [0, 0.05) is 5.02 Å². The Morgan fingerprint density at radius 1 is 1.12 bits per heavy atom. The minimum Gasteiger partial charge on any atom is -0.341 e. The second-order valence-electron chi connectivity index (χ2n) is 6.28. The van der Waals surface area contributed by atoms with Gasteiger partial charge in [-0.05, 0) is 61.1 Å². The van der Waals surface area contributed by atoms with Crippen LogP contribution in [0.3, 0.4) is 0 Å². The third-order valence-electron chi connectivity index (χ3n) is 4.19. The molecule has 3 rings (SSSR count). The van der Waals surface area contributed by atoms with Crippen LogP contribution in [0.5, 0.6) is 0 Å². The second kappa shape index (κ2) is 7.23. The molecule has 0 spiro atoms. The molecule has 0 aliphatic heterocycles. The number of benzene rings is 2. The Hall–Kier alpha value is -2.40. The lowest BCUT2D eigenvalue weighted by atomic mass is 10.0. The van der Waals surface area contributed by atoms with Crippen molar-refractivity contribution < 1.29 is 14.0 Å². The fraction of sp³-hybridized carbons (Fsp3) is 0.263. The van der Waals surface area contributed by atoms with Gasteiger partial charge in [-0.25, -0.2) is 4.39 Å². The standard InChI is InChI=1S/C19H18ClFN2O2/c1-11-2-9-15(21)16(10-11)22-18(24)19(25)23-17(12-3-4-12)13-5-7-14(20)8-6-13/h2,5-10,12,17H,3-4H2,1H3,(H,22,24)(H,23,25). The van der Waals surface area contributed by atoms with Gasteiger partial charge in [-0.3, -0.25) is 9.59 Å². The maximum Gasteiger partial charge on any atom is 0.313 e. The van der Waals surface area contributed by atoms with Crippen LogP contribution in [0.15, 0.2) is 42.5 Å². The molecule has 2 aromatic carbocycles. The molecule has 1 saturated carbocycles. The molecule has 6 heteroatoms. The molecule has 0 saturated heterocycles. The van der Waals surface area contributed by atoms with Crippen LogP contribution in [0.4, 0.5) is 10.1 Å². The summed E-state index contributed by atoms with van der Waals surface area (Å²) < 4.78 is 13.7. The van der Waals surface area contributed by atoms with Crippen molar-refractivity contribution in [2.24, 2.45) is 5.92 Å². The van der Waals surface area contributed by atoms with Crippen LogP contribution >= 0.6 is 11.6 Å². The lowest BCUT2D eigenvalue weighted by molar-refractivity contribution is -0.136. The van der Waals surface area contributed by atoms with Crippen molar-refractivity contribution in [1.82, 2.24) is 5.32 Å². The summed E-state index contributed by atoms with van der Waals surface area (Å²) >= 11 is 5.90. The number of amides is 2. The highest BCUT2D eigenvalue weighted by molar-refractivity contribution is 6.39. The highest BCUT2D eigenvalue weighted by Gasteiger charge is 2.34. The molecule has 0 aromatic heterocycles. The zero-order valence-corrected chi connectivity index (χ0v) is 14.4. The summed E-state index contributed by atoms with van der Waals surface area (Å²) in [5.41, 5.74) is 1.68. The van der Waals surface area contributed by atoms with Crippen molar-refractivity contribution in [3.63, 3.8) is 0 Å². The summed E-state index contributed by atoms with van der Waals surface area (Å²) in [6, 6.07) is 11.3. The topological polar surface area (TPSA) is 58.2 Å². The molecular weight excluding hydrogens is 343 g/mol. The van der Waals surface area contributed by atoms with Gasteiger partial charge in [-0.2, -0.15) is 0 Å². The molecule has 1 unspecified atom stereocenters. The highest BCUT2D eigenvalue weighted by atomic mass is 35.5. The largest absolute Gasteiger partial charge is 0.341 e. The average Bonchev–Trinajstić information content (AvgIpc) is 3.41. The van der Waals surface area contributed by atoms with E-state index in [1.54, 1.807) is 25.1 Å². The third-order valence-corrected chi connectivity index (χ3v) is 4.44. The van der Waals surface area contributed by atoms with Crippen molar-refractivity contribution >= 4 is 29.1 Å². The van der Waals surface area contributed by atoms with Gasteiger partial charge in [0.05, 0.1) is 11.7 Å². The molecule has 1 fully saturated rings. The SMILES string of the molecule is Cc1ccc(F)c(NC(=O)C(=O)NC(c2ccc(Cl)cc2)C2CC2)c1. The van der Waals surface area contributed by atoms with Gasteiger partial charge in [-0.1, -0.05) is 29.8 Å². The number of nitrogens with one attached hydrogen (secondary N) is 2. The summed E-state index contributed by atoms with van der Waals surface area (Å²) in [7, 11) is 0. The van der Waals surface area contributed by atoms with Gasteiger partial charge >= 0.3 is 11.8 Å². The zero-order chi connectivity index (χ0) is 18.0. The molecule has 4 nitrogen and oxygen atoms in total. The van der Waals surface area contributed by atoms with Crippen LogP contribution in [-0.2, 0) is 9.59 Å². The Balaban J connectivity index is 1.70. The average molecular weight is 361 g/mol.